The van der Waals surface area contributed by atoms with Gasteiger partial charge in [-0.25, -0.2) is 0 Å². The smallest absolute Gasteiger partial charge is 0.102 e. The molecule has 12 heavy (non-hydrogen) atoms. The zero-order chi connectivity index (χ0) is 8.97. The minimum absolute atomic E-state index is 0.0411. The van der Waals surface area contributed by atoms with Crippen LogP contribution in [0, 0.1) is 0 Å². The lowest BCUT2D eigenvalue weighted by Crippen LogP contribution is -2.04. The first-order chi connectivity index (χ1) is 5.77. The van der Waals surface area contributed by atoms with E-state index in [1.54, 1.807) is 11.8 Å². The van der Waals surface area contributed by atoms with Gasteiger partial charge in [0.1, 0.15) is 5.69 Å². The fourth-order valence-corrected chi connectivity index (χ4v) is 1.28. The van der Waals surface area contributed by atoms with Crippen LogP contribution in [0.15, 0.2) is 10.7 Å². The molecule has 0 aliphatic carbocycles. The average molecular weight is 235 g/mol. The van der Waals surface area contributed by atoms with Crippen LogP contribution in [0.5, 0.6) is 0 Å². The van der Waals surface area contributed by atoms with Gasteiger partial charge in [-0.05, 0) is 15.9 Å². The molecule has 0 saturated carbocycles. The SMILES string of the molecule is COCCn1cc(Br)c(CO)n1. The number of halogens is 1. The zero-order valence-electron chi connectivity index (χ0n) is 6.83. The lowest BCUT2D eigenvalue weighted by molar-refractivity contribution is 0.183. The number of hydrogen-bond acceptors (Lipinski definition) is 3. The predicted octanol–water partition coefficient (Wildman–Crippen LogP) is 0.784. The number of methoxy groups -OCH3 is 1. The third-order valence-corrected chi connectivity index (χ3v) is 2.12. The number of aliphatic hydroxyl groups excluding tert-OH is 1. The van der Waals surface area contributed by atoms with Gasteiger partial charge >= 0.3 is 0 Å². The molecule has 5 heteroatoms. The lowest BCUT2D eigenvalue weighted by atomic mass is 10.5. The summed E-state index contributed by atoms with van der Waals surface area (Å²) >= 11 is 3.29. The summed E-state index contributed by atoms with van der Waals surface area (Å²) < 4.78 is 7.46. The van der Waals surface area contributed by atoms with Crippen LogP contribution in [0.2, 0.25) is 0 Å². The number of rotatable bonds is 4. The molecule has 0 amide bonds. The molecule has 0 fully saturated rings. The Morgan fingerprint density at radius 3 is 3.00 bits per heavy atom. The van der Waals surface area contributed by atoms with E-state index < -0.39 is 0 Å². The quantitative estimate of drug-likeness (QED) is 0.838. The molecule has 0 aromatic carbocycles. The van der Waals surface area contributed by atoms with Crippen molar-refractivity contribution >= 4 is 15.9 Å². The molecule has 1 aromatic rings. The highest BCUT2D eigenvalue weighted by molar-refractivity contribution is 9.10. The normalized spacial score (nSPS) is 10.6. The Kier molecular flexibility index (Phi) is 3.71. The first-order valence-electron chi connectivity index (χ1n) is 3.59. The highest BCUT2D eigenvalue weighted by Crippen LogP contribution is 2.14. The van der Waals surface area contributed by atoms with Gasteiger partial charge in [-0.1, -0.05) is 0 Å². The van der Waals surface area contributed by atoms with E-state index >= 15 is 0 Å². The topological polar surface area (TPSA) is 47.3 Å². The Hall–Kier alpha value is -0.390. The standard InChI is InChI=1S/C7H11BrN2O2/c1-12-3-2-10-4-6(8)7(5-11)9-10/h4,11H,2-3,5H2,1H3. The Labute approximate surface area is 79.3 Å². The van der Waals surface area contributed by atoms with Gasteiger partial charge in [0.15, 0.2) is 0 Å². The first-order valence-corrected chi connectivity index (χ1v) is 4.39. The van der Waals surface area contributed by atoms with E-state index in [-0.39, 0.29) is 6.61 Å². The highest BCUT2D eigenvalue weighted by atomic mass is 79.9. The lowest BCUT2D eigenvalue weighted by Gasteiger charge is -1.97. The highest BCUT2D eigenvalue weighted by Gasteiger charge is 2.03. The third-order valence-electron chi connectivity index (χ3n) is 1.46. The van der Waals surface area contributed by atoms with Crippen molar-refractivity contribution in [2.45, 2.75) is 13.2 Å². The monoisotopic (exact) mass is 234 g/mol. The van der Waals surface area contributed by atoms with Crippen molar-refractivity contribution in [3.05, 3.63) is 16.4 Å². The molecule has 0 unspecified atom stereocenters. The molecular formula is C7H11BrN2O2. The van der Waals surface area contributed by atoms with Crippen LogP contribution in [0.1, 0.15) is 5.69 Å². The van der Waals surface area contributed by atoms with Crippen molar-refractivity contribution in [1.82, 2.24) is 9.78 Å². The van der Waals surface area contributed by atoms with Crippen molar-refractivity contribution in [3.8, 4) is 0 Å². The van der Waals surface area contributed by atoms with Crippen LogP contribution < -0.4 is 0 Å². The van der Waals surface area contributed by atoms with Gasteiger partial charge < -0.3 is 9.84 Å². The van der Waals surface area contributed by atoms with E-state index in [1.807, 2.05) is 6.20 Å². The maximum Gasteiger partial charge on any atom is 0.102 e. The van der Waals surface area contributed by atoms with Gasteiger partial charge in [-0.15, -0.1) is 0 Å². The fourth-order valence-electron chi connectivity index (χ4n) is 0.844. The molecule has 1 rings (SSSR count). The minimum Gasteiger partial charge on any atom is -0.390 e. The Morgan fingerprint density at radius 1 is 1.75 bits per heavy atom. The van der Waals surface area contributed by atoms with E-state index in [2.05, 4.69) is 21.0 Å². The van der Waals surface area contributed by atoms with E-state index in [9.17, 15) is 0 Å². The van der Waals surface area contributed by atoms with Gasteiger partial charge in [0.25, 0.3) is 0 Å². The van der Waals surface area contributed by atoms with Crippen LogP contribution in [-0.2, 0) is 17.9 Å². The average Bonchev–Trinajstić information content (AvgIpc) is 2.43. The van der Waals surface area contributed by atoms with Crippen molar-refractivity contribution in [2.75, 3.05) is 13.7 Å². The summed E-state index contributed by atoms with van der Waals surface area (Å²) in [5, 5.41) is 12.9. The van der Waals surface area contributed by atoms with Gasteiger partial charge in [0, 0.05) is 13.3 Å². The molecule has 1 heterocycles. The van der Waals surface area contributed by atoms with E-state index in [0.717, 1.165) is 4.47 Å². The number of hydrogen-bond donors (Lipinski definition) is 1. The summed E-state index contributed by atoms with van der Waals surface area (Å²) in [6.45, 7) is 1.29. The maximum atomic E-state index is 8.82. The van der Waals surface area contributed by atoms with Crippen molar-refractivity contribution < 1.29 is 9.84 Å². The Morgan fingerprint density at radius 2 is 2.50 bits per heavy atom. The zero-order valence-corrected chi connectivity index (χ0v) is 8.41. The van der Waals surface area contributed by atoms with Gasteiger partial charge in [0.2, 0.25) is 0 Å². The second-order valence-corrected chi connectivity index (χ2v) is 3.19. The fraction of sp³-hybridized carbons (Fsp3) is 0.571. The molecule has 0 bridgehead atoms. The summed E-state index contributed by atoms with van der Waals surface area (Å²) in [7, 11) is 1.64. The number of aromatic nitrogens is 2. The molecule has 0 radical (unpaired) electrons. The Bertz CT molecular complexity index is 250. The summed E-state index contributed by atoms with van der Waals surface area (Å²) in [4.78, 5) is 0. The van der Waals surface area contributed by atoms with Crippen LogP contribution >= 0.6 is 15.9 Å². The van der Waals surface area contributed by atoms with Crippen LogP contribution in [0.4, 0.5) is 0 Å². The Balaban J connectivity index is 2.62. The molecular weight excluding hydrogens is 224 g/mol. The molecule has 0 saturated heterocycles. The van der Waals surface area contributed by atoms with Gasteiger partial charge in [-0.2, -0.15) is 5.10 Å². The molecule has 4 nitrogen and oxygen atoms in total. The molecule has 1 N–H and O–H groups in total. The van der Waals surface area contributed by atoms with Crippen LogP contribution in [0.3, 0.4) is 0 Å². The van der Waals surface area contributed by atoms with Crippen LogP contribution in [-0.4, -0.2) is 28.6 Å². The first kappa shape index (κ1) is 9.70. The summed E-state index contributed by atoms with van der Waals surface area (Å²) in [5.74, 6) is 0. The molecule has 68 valence electrons. The maximum absolute atomic E-state index is 8.82. The number of ether oxygens (including phenoxy) is 1. The largest absolute Gasteiger partial charge is 0.390 e. The number of aliphatic hydroxyl groups is 1. The predicted molar refractivity (Wildman–Crippen MR) is 47.7 cm³/mol. The summed E-state index contributed by atoms with van der Waals surface area (Å²) in [6.07, 6.45) is 1.82. The third kappa shape index (κ3) is 2.30. The second-order valence-electron chi connectivity index (χ2n) is 2.34. The van der Waals surface area contributed by atoms with Crippen molar-refractivity contribution in [3.63, 3.8) is 0 Å². The van der Waals surface area contributed by atoms with E-state index in [1.165, 1.54) is 0 Å². The minimum atomic E-state index is -0.0411. The molecule has 0 aliphatic heterocycles. The molecule has 0 atom stereocenters. The van der Waals surface area contributed by atoms with Gasteiger partial charge in [-0.3, -0.25) is 4.68 Å². The van der Waals surface area contributed by atoms with Crippen LogP contribution in [0.25, 0.3) is 0 Å². The van der Waals surface area contributed by atoms with Gasteiger partial charge in [0.05, 0.1) is 24.2 Å². The number of nitrogens with zero attached hydrogens (tertiary/aromatic N) is 2. The molecule has 0 spiro atoms. The van der Waals surface area contributed by atoms with E-state index in [4.69, 9.17) is 9.84 Å². The second kappa shape index (κ2) is 4.59. The van der Waals surface area contributed by atoms with Crippen molar-refractivity contribution in [2.24, 2.45) is 0 Å². The van der Waals surface area contributed by atoms with Crippen molar-refractivity contribution in [1.29, 1.82) is 0 Å². The summed E-state index contributed by atoms with van der Waals surface area (Å²) in [6, 6.07) is 0. The van der Waals surface area contributed by atoms with E-state index in [0.29, 0.717) is 18.8 Å². The summed E-state index contributed by atoms with van der Waals surface area (Å²) in [5.41, 5.74) is 0.658. The molecule has 1 aromatic heterocycles. The molecule has 0 aliphatic rings.